The lowest BCUT2D eigenvalue weighted by atomic mass is 10.0. The highest BCUT2D eigenvalue weighted by Gasteiger charge is 2.24. The molecule has 1 aromatic carbocycles. The predicted octanol–water partition coefficient (Wildman–Crippen LogP) is 1.96. The molecule has 1 N–H and O–H groups in total. The molecule has 0 bridgehead atoms. The van der Waals surface area contributed by atoms with Gasteiger partial charge in [-0.1, -0.05) is 0 Å². The van der Waals surface area contributed by atoms with Crippen LogP contribution in [0.15, 0.2) is 29.4 Å². The van der Waals surface area contributed by atoms with E-state index in [1.165, 1.54) is 18.5 Å². The fraction of sp³-hybridized carbons (Fsp3) is 0.600. The second kappa shape index (κ2) is 6.33. The number of anilines is 1. The first kappa shape index (κ1) is 13.5. The average molecular weight is 274 g/mol. The van der Waals surface area contributed by atoms with E-state index in [4.69, 9.17) is 0 Å². The van der Waals surface area contributed by atoms with E-state index in [9.17, 15) is 4.91 Å². The van der Waals surface area contributed by atoms with Crippen molar-refractivity contribution >= 4 is 11.4 Å². The third kappa shape index (κ3) is 2.99. The molecule has 2 heterocycles. The fourth-order valence-corrected chi connectivity index (χ4v) is 3.24. The molecule has 0 saturated carbocycles. The Kier molecular flexibility index (Phi) is 4.28. The van der Waals surface area contributed by atoms with Gasteiger partial charge in [0, 0.05) is 37.9 Å². The van der Waals surface area contributed by atoms with E-state index in [1.807, 2.05) is 12.1 Å². The number of nitrogens with one attached hydrogen (secondary N) is 1. The molecule has 0 radical (unpaired) electrons. The van der Waals surface area contributed by atoms with E-state index in [1.54, 1.807) is 12.1 Å². The number of hydrogen-bond acceptors (Lipinski definition) is 5. The van der Waals surface area contributed by atoms with E-state index in [-0.39, 0.29) is 0 Å². The zero-order chi connectivity index (χ0) is 13.8. The van der Waals surface area contributed by atoms with Gasteiger partial charge in [-0.25, -0.2) is 0 Å². The first-order valence-corrected chi connectivity index (χ1v) is 7.50. The van der Waals surface area contributed by atoms with Gasteiger partial charge in [0.25, 0.3) is 0 Å². The lowest BCUT2D eigenvalue weighted by Crippen LogP contribution is -2.52. The van der Waals surface area contributed by atoms with Crippen LogP contribution in [-0.2, 0) is 0 Å². The van der Waals surface area contributed by atoms with Crippen LogP contribution in [0.4, 0.5) is 11.4 Å². The second-order valence-corrected chi connectivity index (χ2v) is 5.61. The highest BCUT2D eigenvalue weighted by molar-refractivity contribution is 5.53. The molecule has 5 heteroatoms. The maximum absolute atomic E-state index is 10.4. The maximum Gasteiger partial charge on any atom is 0.108 e. The molecular formula is C15H22N4O. The van der Waals surface area contributed by atoms with Gasteiger partial charge in [-0.15, -0.1) is 4.91 Å². The summed E-state index contributed by atoms with van der Waals surface area (Å²) in [7, 11) is 0. The van der Waals surface area contributed by atoms with Gasteiger partial charge in [-0.2, -0.15) is 0 Å². The van der Waals surface area contributed by atoms with Crippen LogP contribution in [0.2, 0.25) is 0 Å². The average Bonchev–Trinajstić information content (AvgIpc) is 2.56. The molecule has 2 saturated heterocycles. The minimum atomic E-state index is 0.502. The molecule has 0 amide bonds. The number of piperazine rings is 1. The smallest absolute Gasteiger partial charge is 0.108 e. The number of nitroso groups, excluding NO2 is 1. The molecule has 2 aliphatic heterocycles. The summed E-state index contributed by atoms with van der Waals surface area (Å²) in [6.45, 7) is 6.72. The molecule has 108 valence electrons. The van der Waals surface area contributed by atoms with Crippen molar-refractivity contribution in [2.75, 3.05) is 44.2 Å². The Hall–Kier alpha value is -1.46. The molecular weight excluding hydrogens is 252 g/mol. The number of nitrogens with zero attached hydrogens (tertiary/aromatic N) is 3. The molecule has 0 aliphatic carbocycles. The second-order valence-electron chi connectivity index (χ2n) is 5.61. The molecule has 5 nitrogen and oxygen atoms in total. The van der Waals surface area contributed by atoms with Crippen LogP contribution in [-0.4, -0.2) is 50.2 Å². The standard InChI is InChI=1S/C15H22N4O/c20-17-13-1-3-14(4-2-13)18-9-11-19(12-10-18)15-5-7-16-8-6-15/h1-4,15-16H,5-12H2. The largest absolute Gasteiger partial charge is 0.369 e. The van der Waals surface area contributed by atoms with Crippen LogP contribution in [0, 0.1) is 4.91 Å². The first-order valence-electron chi connectivity index (χ1n) is 7.50. The number of rotatable bonds is 3. The zero-order valence-electron chi connectivity index (χ0n) is 11.8. The quantitative estimate of drug-likeness (QED) is 0.856. The van der Waals surface area contributed by atoms with Crippen molar-refractivity contribution in [3.8, 4) is 0 Å². The van der Waals surface area contributed by atoms with Crippen molar-refractivity contribution in [1.29, 1.82) is 0 Å². The normalized spacial score (nSPS) is 21.9. The van der Waals surface area contributed by atoms with Crippen molar-refractivity contribution in [3.05, 3.63) is 29.2 Å². The third-order valence-corrected chi connectivity index (χ3v) is 4.46. The topological polar surface area (TPSA) is 47.9 Å². The summed E-state index contributed by atoms with van der Waals surface area (Å²) in [5.74, 6) is 0. The number of hydrogen-bond donors (Lipinski definition) is 1. The Bertz CT molecular complexity index is 434. The van der Waals surface area contributed by atoms with Crippen molar-refractivity contribution in [3.63, 3.8) is 0 Å². The molecule has 3 rings (SSSR count). The van der Waals surface area contributed by atoms with Gasteiger partial charge in [0.05, 0.1) is 0 Å². The minimum Gasteiger partial charge on any atom is -0.369 e. The summed E-state index contributed by atoms with van der Waals surface area (Å²) in [5.41, 5.74) is 1.70. The van der Waals surface area contributed by atoms with E-state index < -0.39 is 0 Å². The summed E-state index contributed by atoms with van der Waals surface area (Å²) >= 11 is 0. The fourth-order valence-electron chi connectivity index (χ4n) is 3.24. The SMILES string of the molecule is O=Nc1ccc(N2CCN(C3CCNCC3)CC2)cc1. The van der Waals surface area contributed by atoms with Gasteiger partial charge in [-0.3, -0.25) is 4.90 Å². The molecule has 0 atom stereocenters. The van der Waals surface area contributed by atoms with Crippen LogP contribution in [0.1, 0.15) is 12.8 Å². The van der Waals surface area contributed by atoms with Crippen molar-refractivity contribution in [1.82, 2.24) is 10.2 Å². The van der Waals surface area contributed by atoms with Gasteiger partial charge in [0.1, 0.15) is 5.69 Å². The van der Waals surface area contributed by atoms with Gasteiger partial charge in [0.2, 0.25) is 0 Å². The maximum atomic E-state index is 10.4. The Morgan fingerprint density at radius 2 is 1.65 bits per heavy atom. The molecule has 2 fully saturated rings. The van der Waals surface area contributed by atoms with E-state index in [0.717, 1.165) is 45.3 Å². The summed E-state index contributed by atoms with van der Waals surface area (Å²) in [5, 5.41) is 6.38. The van der Waals surface area contributed by atoms with E-state index in [2.05, 4.69) is 20.3 Å². The molecule has 0 unspecified atom stereocenters. The Labute approximate surface area is 119 Å². The van der Waals surface area contributed by atoms with Crippen LogP contribution < -0.4 is 10.2 Å². The van der Waals surface area contributed by atoms with Crippen LogP contribution >= 0.6 is 0 Å². The predicted molar refractivity (Wildman–Crippen MR) is 81.6 cm³/mol. The monoisotopic (exact) mass is 274 g/mol. The van der Waals surface area contributed by atoms with Crippen molar-refractivity contribution in [2.45, 2.75) is 18.9 Å². The lowest BCUT2D eigenvalue weighted by molar-refractivity contribution is 0.153. The van der Waals surface area contributed by atoms with Crippen molar-refractivity contribution in [2.24, 2.45) is 5.18 Å². The first-order chi connectivity index (χ1) is 9.86. The van der Waals surface area contributed by atoms with Crippen LogP contribution in [0.25, 0.3) is 0 Å². The lowest BCUT2D eigenvalue weighted by Gasteiger charge is -2.41. The van der Waals surface area contributed by atoms with Gasteiger partial charge < -0.3 is 10.2 Å². The summed E-state index contributed by atoms with van der Waals surface area (Å²) in [6.07, 6.45) is 2.55. The molecule has 0 aromatic heterocycles. The molecule has 0 spiro atoms. The highest BCUT2D eigenvalue weighted by Crippen LogP contribution is 2.22. The van der Waals surface area contributed by atoms with Crippen LogP contribution in [0.5, 0.6) is 0 Å². The van der Waals surface area contributed by atoms with E-state index >= 15 is 0 Å². The third-order valence-electron chi connectivity index (χ3n) is 4.46. The van der Waals surface area contributed by atoms with Crippen molar-refractivity contribution < 1.29 is 0 Å². The number of piperidine rings is 1. The Morgan fingerprint density at radius 3 is 2.25 bits per heavy atom. The van der Waals surface area contributed by atoms with Crippen LogP contribution in [0.3, 0.4) is 0 Å². The molecule has 2 aliphatic rings. The van der Waals surface area contributed by atoms with Gasteiger partial charge in [-0.05, 0) is 55.4 Å². The number of benzene rings is 1. The molecule has 20 heavy (non-hydrogen) atoms. The van der Waals surface area contributed by atoms with Gasteiger partial charge >= 0.3 is 0 Å². The Morgan fingerprint density at radius 1 is 1.00 bits per heavy atom. The minimum absolute atomic E-state index is 0.502. The summed E-state index contributed by atoms with van der Waals surface area (Å²) < 4.78 is 0. The summed E-state index contributed by atoms with van der Waals surface area (Å²) in [6, 6.07) is 8.34. The highest BCUT2D eigenvalue weighted by atomic mass is 16.3. The van der Waals surface area contributed by atoms with E-state index in [0.29, 0.717) is 5.69 Å². The zero-order valence-corrected chi connectivity index (χ0v) is 11.8. The Balaban J connectivity index is 1.55. The molecule has 1 aromatic rings. The summed E-state index contributed by atoms with van der Waals surface area (Å²) in [4.78, 5) is 15.5. The van der Waals surface area contributed by atoms with Gasteiger partial charge in [0.15, 0.2) is 0 Å².